The molecule has 0 bridgehead atoms. The number of hydrogen-bond donors (Lipinski definition) is 1. The highest BCUT2D eigenvalue weighted by Crippen LogP contribution is 2.43. The Morgan fingerprint density at radius 1 is 1.30 bits per heavy atom. The molecule has 0 radical (unpaired) electrons. The summed E-state index contributed by atoms with van der Waals surface area (Å²) in [7, 11) is 0. The third-order valence-corrected chi connectivity index (χ3v) is 5.23. The number of piperidine rings is 1. The van der Waals surface area contributed by atoms with Gasteiger partial charge in [0.1, 0.15) is 6.04 Å². The van der Waals surface area contributed by atoms with Crippen LogP contribution in [-0.4, -0.2) is 41.6 Å². The molecular weight excluding hydrogens is 375 g/mol. The number of alkyl halides is 3. The number of nitrogens with zero attached hydrogens (tertiary/aromatic N) is 2. The molecule has 2 fully saturated rings. The summed E-state index contributed by atoms with van der Waals surface area (Å²) in [6.07, 6.45) is -1.38. The standard InChI is InChI=1S/C15H17BrF3N3O/c16-10-1-2-11(20-8-10)13(15(17,18)19)22-5-3-14(4-6-22)7-12(23)21-9-14/h1-2,8,13H,3-7,9H2,(H,21,23). The SMILES string of the molecule is O=C1CC2(CCN(C(c3ccc(Br)cn3)C(F)(F)F)CC2)CN1. The molecule has 2 saturated heterocycles. The summed E-state index contributed by atoms with van der Waals surface area (Å²) in [5.74, 6) is 0.000368. The number of rotatable bonds is 2. The summed E-state index contributed by atoms with van der Waals surface area (Å²) in [6.45, 7) is 1.21. The summed E-state index contributed by atoms with van der Waals surface area (Å²) in [5, 5.41) is 2.80. The number of likely N-dealkylation sites (tertiary alicyclic amines) is 1. The van der Waals surface area contributed by atoms with Crippen molar-refractivity contribution in [2.75, 3.05) is 19.6 Å². The summed E-state index contributed by atoms with van der Waals surface area (Å²) < 4.78 is 41.3. The van der Waals surface area contributed by atoms with E-state index in [9.17, 15) is 18.0 Å². The molecule has 0 aromatic carbocycles. The lowest BCUT2D eigenvalue weighted by molar-refractivity contribution is -0.192. The van der Waals surface area contributed by atoms with Gasteiger partial charge in [0.25, 0.3) is 0 Å². The Labute approximate surface area is 140 Å². The molecule has 1 N–H and O–H groups in total. The molecule has 1 atom stereocenters. The fraction of sp³-hybridized carbons (Fsp3) is 0.600. The van der Waals surface area contributed by atoms with Crippen molar-refractivity contribution in [3.63, 3.8) is 0 Å². The lowest BCUT2D eigenvalue weighted by Crippen LogP contribution is -2.47. The number of halogens is 4. The van der Waals surface area contributed by atoms with Crippen LogP contribution in [0.4, 0.5) is 13.2 Å². The minimum Gasteiger partial charge on any atom is -0.356 e. The molecule has 1 aromatic rings. The van der Waals surface area contributed by atoms with Crippen LogP contribution >= 0.6 is 15.9 Å². The number of carbonyl (C=O) groups excluding carboxylic acids is 1. The Hall–Kier alpha value is -1.15. The van der Waals surface area contributed by atoms with E-state index in [4.69, 9.17) is 0 Å². The first-order chi connectivity index (χ1) is 10.8. The van der Waals surface area contributed by atoms with Gasteiger partial charge < -0.3 is 5.32 Å². The highest BCUT2D eigenvalue weighted by Gasteiger charge is 2.49. The second-order valence-corrected chi connectivity index (χ2v) is 7.25. The minimum atomic E-state index is -4.38. The Morgan fingerprint density at radius 2 is 2.00 bits per heavy atom. The average Bonchev–Trinajstić information content (AvgIpc) is 2.83. The lowest BCUT2D eigenvalue weighted by Gasteiger charge is -2.42. The van der Waals surface area contributed by atoms with Crippen molar-refractivity contribution in [1.82, 2.24) is 15.2 Å². The van der Waals surface area contributed by atoms with Crippen LogP contribution in [0.3, 0.4) is 0 Å². The second-order valence-electron chi connectivity index (χ2n) is 6.33. The van der Waals surface area contributed by atoms with Gasteiger partial charge in [-0.1, -0.05) is 0 Å². The van der Waals surface area contributed by atoms with Crippen LogP contribution in [0.1, 0.15) is 31.0 Å². The normalized spacial score (nSPS) is 23.0. The maximum Gasteiger partial charge on any atom is 0.409 e. The number of nitrogens with one attached hydrogen (secondary N) is 1. The maximum absolute atomic E-state index is 13.6. The molecule has 3 rings (SSSR count). The van der Waals surface area contributed by atoms with Crippen molar-refractivity contribution in [3.8, 4) is 0 Å². The largest absolute Gasteiger partial charge is 0.409 e. The van der Waals surface area contributed by atoms with Gasteiger partial charge in [0.2, 0.25) is 5.91 Å². The van der Waals surface area contributed by atoms with Crippen LogP contribution in [0.25, 0.3) is 0 Å². The van der Waals surface area contributed by atoms with Gasteiger partial charge in [0.05, 0.1) is 5.69 Å². The molecule has 0 aliphatic carbocycles. The second kappa shape index (κ2) is 6.05. The molecule has 0 saturated carbocycles. The average molecular weight is 392 g/mol. The van der Waals surface area contributed by atoms with Gasteiger partial charge in [-0.05, 0) is 59.4 Å². The molecule has 2 aliphatic rings. The van der Waals surface area contributed by atoms with Crippen LogP contribution in [0.15, 0.2) is 22.8 Å². The van der Waals surface area contributed by atoms with Crippen molar-refractivity contribution >= 4 is 21.8 Å². The first kappa shape index (κ1) is 16.7. The fourth-order valence-electron chi connectivity index (χ4n) is 3.47. The van der Waals surface area contributed by atoms with Gasteiger partial charge in [-0.3, -0.25) is 14.7 Å². The van der Waals surface area contributed by atoms with E-state index in [2.05, 4.69) is 26.2 Å². The molecule has 1 aromatic heterocycles. The Bertz CT molecular complexity index is 583. The van der Waals surface area contributed by atoms with Crippen LogP contribution < -0.4 is 5.32 Å². The number of aromatic nitrogens is 1. The molecule has 4 nitrogen and oxygen atoms in total. The van der Waals surface area contributed by atoms with E-state index < -0.39 is 12.2 Å². The smallest absolute Gasteiger partial charge is 0.356 e. The van der Waals surface area contributed by atoms with E-state index in [1.807, 2.05) is 0 Å². The van der Waals surface area contributed by atoms with E-state index in [1.54, 1.807) is 6.07 Å². The monoisotopic (exact) mass is 391 g/mol. The molecule has 8 heteroatoms. The van der Waals surface area contributed by atoms with Crippen LogP contribution in [-0.2, 0) is 4.79 Å². The zero-order valence-corrected chi connectivity index (χ0v) is 14.0. The van der Waals surface area contributed by atoms with Gasteiger partial charge in [-0.25, -0.2) is 0 Å². The van der Waals surface area contributed by atoms with E-state index in [1.165, 1.54) is 17.2 Å². The van der Waals surface area contributed by atoms with Crippen molar-refractivity contribution < 1.29 is 18.0 Å². The minimum absolute atomic E-state index is 0.000368. The Kier molecular flexibility index (Phi) is 4.39. The summed E-state index contributed by atoms with van der Waals surface area (Å²) in [4.78, 5) is 16.8. The van der Waals surface area contributed by atoms with E-state index in [-0.39, 0.29) is 17.0 Å². The van der Waals surface area contributed by atoms with Gasteiger partial charge in [0.15, 0.2) is 0 Å². The first-order valence-electron chi connectivity index (χ1n) is 7.48. The first-order valence-corrected chi connectivity index (χ1v) is 8.27. The zero-order valence-electron chi connectivity index (χ0n) is 12.4. The molecule has 126 valence electrons. The van der Waals surface area contributed by atoms with E-state index in [0.29, 0.717) is 43.4 Å². The summed E-state index contributed by atoms with van der Waals surface area (Å²) in [6, 6.07) is 1.29. The van der Waals surface area contributed by atoms with Crippen LogP contribution in [0, 0.1) is 5.41 Å². The molecule has 1 unspecified atom stereocenters. The van der Waals surface area contributed by atoms with Gasteiger partial charge >= 0.3 is 6.18 Å². The maximum atomic E-state index is 13.6. The molecule has 3 heterocycles. The Morgan fingerprint density at radius 3 is 2.48 bits per heavy atom. The van der Waals surface area contributed by atoms with Crippen LogP contribution in [0.5, 0.6) is 0 Å². The highest BCUT2D eigenvalue weighted by atomic mass is 79.9. The van der Waals surface area contributed by atoms with Gasteiger partial charge in [-0.15, -0.1) is 0 Å². The predicted octanol–water partition coefficient (Wildman–Crippen LogP) is 3.05. The molecular formula is C15H17BrF3N3O. The summed E-state index contributed by atoms with van der Waals surface area (Å²) in [5.41, 5.74) is -0.158. The topological polar surface area (TPSA) is 45.2 Å². The molecule has 1 spiro atoms. The van der Waals surface area contributed by atoms with E-state index >= 15 is 0 Å². The lowest BCUT2D eigenvalue weighted by atomic mass is 9.77. The van der Waals surface area contributed by atoms with E-state index in [0.717, 1.165) is 0 Å². The quantitative estimate of drug-likeness (QED) is 0.842. The van der Waals surface area contributed by atoms with Crippen molar-refractivity contribution in [2.45, 2.75) is 31.5 Å². The number of hydrogen-bond acceptors (Lipinski definition) is 3. The van der Waals surface area contributed by atoms with Crippen molar-refractivity contribution in [2.24, 2.45) is 5.41 Å². The number of pyridine rings is 1. The third kappa shape index (κ3) is 3.52. The fourth-order valence-corrected chi connectivity index (χ4v) is 3.71. The molecule has 2 aliphatic heterocycles. The van der Waals surface area contributed by atoms with Crippen molar-refractivity contribution in [1.29, 1.82) is 0 Å². The summed E-state index contributed by atoms with van der Waals surface area (Å²) >= 11 is 3.19. The predicted molar refractivity (Wildman–Crippen MR) is 81.6 cm³/mol. The highest BCUT2D eigenvalue weighted by molar-refractivity contribution is 9.10. The van der Waals surface area contributed by atoms with Crippen LogP contribution in [0.2, 0.25) is 0 Å². The number of carbonyl (C=O) groups is 1. The Balaban J connectivity index is 1.77. The van der Waals surface area contributed by atoms with Gasteiger partial charge in [0, 0.05) is 23.6 Å². The van der Waals surface area contributed by atoms with Crippen molar-refractivity contribution in [3.05, 3.63) is 28.5 Å². The third-order valence-electron chi connectivity index (χ3n) is 4.76. The zero-order chi connectivity index (χ0) is 16.7. The number of amides is 1. The molecule has 23 heavy (non-hydrogen) atoms. The van der Waals surface area contributed by atoms with Gasteiger partial charge in [-0.2, -0.15) is 13.2 Å². The molecule has 1 amide bonds.